The van der Waals surface area contributed by atoms with Crippen molar-refractivity contribution < 1.29 is 13.7 Å². The molecule has 7 heteroatoms. The zero-order valence-electron chi connectivity index (χ0n) is 11.9. The van der Waals surface area contributed by atoms with Crippen molar-refractivity contribution in [3.63, 3.8) is 0 Å². The average molecular weight is 299 g/mol. The third-order valence-corrected chi connectivity index (χ3v) is 3.78. The molecule has 0 saturated carbocycles. The van der Waals surface area contributed by atoms with Crippen LogP contribution in [0, 0.1) is 16.0 Å². The van der Waals surface area contributed by atoms with Gasteiger partial charge in [0.2, 0.25) is 0 Å². The molecule has 0 aliphatic carbocycles. The molecule has 0 spiro atoms. The maximum Gasteiger partial charge on any atom is 0.270 e. The number of likely N-dealkylation sites (tertiary alicyclic amines) is 1. The van der Waals surface area contributed by atoms with Gasteiger partial charge >= 0.3 is 0 Å². The second-order valence-electron chi connectivity index (χ2n) is 5.48. The predicted octanol–water partition coefficient (Wildman–Crippen LogP) is 3.29. The van der Waals surface area contributed by atoms with Crippen LogP contribution in [0.2, 0.25) is 0 Å². The highest BCUT2D eigenvalue weighted by Crippen LogP contribution is 2.31. The number of alkyl halides is 2. The quantitative estimate of drug-likeness (QED) is 0.669. The van der Waals surface area contributed by atoms with Crippen molar-refractivity contribution in [2.75, 3.05) is 32.0 Å². The Labute approximate surface area is 122 Å². The van der Waals surface area contributed by atoms with Gasteiger partial charge in [-0.05, 0) is 38.4 Å². The molecule has 1 fully saturated rings. The van der Waals surface area contributed by atoms with Gasteiger partial charge in [0.25, 0.3) is 12.1 Å². The predicted molar refractivity (Wildman–Crippen MR) is 76.8 cm³/mol. The molecule has 21 heavy (non-hydrogen) atoms. The summed E-state index contributed by atoms with van der Waals surface area (Å²) in [6, 6.07) is 3.56. The van der Waals surface area contributed by atoms with E-state index in [-0.39, 0.29) is 16.9 Å². The Morgan fingerprint density at radius 3 is 2.90 bits per heavy atom. The summed E-state index contributed by atoms with van der Waals surface area (Å²) in [7, 11) is 2.04. The largest absolute Gasteiger partial charge is 0.384 e. The minimum Gasteiger partial charge on any atom is -0.384 e. The molecular formula is C14H19F2N3O2. The van der Waals surface area contributed by atoms with Gasteiger partial charge in [-0.15, -0.1) is 0 Å². The number of nitrogens with one attached hydrogen (secondary N) is 1. The van der Waals surface area contributed by atoms with Crippen molar-refractivity contribution in [3.8, 4) is 0 Å². The Kier molecular flexibility index (Phi) is 5.06. The first kappa shape index (κ1) is 15.6. The summed E-state index contributed by atoms with van der Waals surface area (Å²) >= 11 is 0. The first-order valence-electron chi connectivity index (χ1n) is 6.96. The van der Waals surface area contributed by atoms with E-state index >= 15 is 0 Å². The van der Waals surface area contributed by atoms with Crippen LogP contribution in [0.5, 0.6) is 0 Å². The number of halogens is 2. The third-order valence-electron chi connectivity index (χ3n) is 3.78. The zero-order valence-corrected chi connectivity index (χ0v) is 11.9. The summed E-state index contributed by atoms with van der Waals surface area (Å²) < 4.78 is 26.1. The summed E-state index contributed by atoms with van der Waals surface area (Å²) in [4.78, 5) is 12.2. The van der Waals surface area contributed by atoms with Crippen LogP contribution in [0.25, 0.3) is 0 Å². The van der Waals surface area contributed by atoms with Crippen molar-refractivity contribution in [2.45, 2.75) is 19.3 Å². The van der Waals surface area contributed by atoms with Gasteiger partial charge in [0.15, 0.2) is 0 Å². The number of hydrogen-bond donors (Lipinski definition) is 1. The summed E-state index contributed by atoms with van der Waals surface area (Å²) in [5, 5.41) is 13.7. The van der Waals surface area contributed by atoms with E-state index in [1.165, 1.54) is 12.1 Å². The van der Waals surface area contributed by atoms with Crippen LogP contribution in [0.4, 0.5) is 20.2 Å². The Morgan fingerprint density at radius 1 is 1.52 bits per heavy atom. The molecule has 2 rings (SSSR count). The second-order valence-corrected chi connectivity index (χ2v) is 5.48. The molecule has 1 heterocycles. The number of hydrogen-bond acceptors (Lipinski definition) is 4. The summed E-state index contributed by atoms with van der Waals surface area (Å²) in [6.07, 6.45) is -0.569. The summed E-state index contributed by atoms with van der Waals surface area (Å²) in [5.41, 5.74) is -0.342. The van der Waals surface area contributed by atoms with E-state index in [0.29, 0.717) is 12.5 Å². The second kappa shape index (κ2) is 6.80. The first-order valence-corrected chi connectivity index (χ1v) is 6.96. The number of non-ortho nitro benzene ring substituents is 1. The normalized spacial score (nSPS) is 19.7. The molecule has 116 valence electrons. The Balaban J connectivity index is 2.06. The van der Waals surface area contributed by atoms with E-state index in [1.807, 2.05) is 7.05 Å². The number of anilines is 1. The van der Waals surface area contributed by atoms with E-state index in [1.54, 1.807) is 0 Å². The smallest absolute Gasteiger partial charge is 0.270 e. The molecule has 1 aromatic rings. The van der Waals surface area contributed by atoms with Crippen molar-refractivity contribution >= 4 is 11.4 Å². The van der Waals surface area contributed by atoms with Crippen LogP contribution in [0.15, 0.2) is 18.2 Å². The van der Waals surface area contributed by atoms with Gasteiger partial charge in [-0.25, -0.2) is 8.78 Å². The van der Waals surface area contributed by atoms with Gasteiger partial charge < -0.3 is 10.2 Å². The molecular weight excluding hydrogens is 280 g/mol. The van der Waals surface area contributed by atoms with Crippen LogP contribution >= 0.6 is 0 Å². The lowest BCUT2D eigenvalue weighted by atomic mass is 9.98. The molecule has 5 nitrogen and oxygen atoms in total. The number of nitro groups is 1. The average Bonchev–Trinajstić information content (AvgIpc) is 2.44. The van der Waals surface area contributed by atoms with Gasteiger partial charge in [0.1, 0.15) is 0 Å². The lowest BCUT2D eigenvalue weighted by Crippen LogP contribution is -2.35. The fourth-order valence-corrected chi connectivity index (χ4v) is 2.70. The lowest BCUT2D eigenvalue weighted by molar-refractivity contribution is -0.385. The van der Waals surface area contributed by atoms with Gasteiger partial charge in [0, 0.05) is 36.5 Å². The molecule has 1 unspecified atom stereocenters. The van der Waals surface area contributed by atoms with Gasteiger partial charge in [0.05, 0.1) is 4.92 Å². The number of rotatable bonds is 5. The van der Waals surface area contributed by atoms with E-state index in [2.05, 4.69) is 10.2 Å². The van der Waals surface area contributed by atoms with Crippen LogP contribution in [0.1, 0.15) is 24.8 Å². The molecule has 0 aromatic heterocycles. The van der Waals surface area contributed by atoms with Crippen LogP contribution in [-0.4, -0.2) is 36.5 Å². The molecule has 0 radical (unpaired) electrons. The highest BCUT2D eigenvalue weighted by Gasteiger charge is 2.20. The lowest BCUT2D eigenvalue weighted by Gasteiger charge is -2.30. The van der Waals surface area contributed by atoms with Crippen LogP contribution in [0.3, 0.4) is 0 Å². The van der Waals surface area contributed by atoms with E-state index in [9.17, 15) is 18.9 Å². The van der Waals surface area contributed by atoms with Crippen LogP contribution < -0.4 is 5.32 Å². The fraction of sp³-hybridized carbons (Fsp3) is 0.571. The van der Waals surface area contributed by atoms with Crippen molar-refractivity contribution in [3.05, 3.63) is 33.9 Å². The zero-order chi connectivity index (χ0) is 15.4. The van der Waals surface area contributed by atoms with E-state index in [0.717, 1.165) is 32.0 Å². The Morgan fingerprint density at radius 2 is 2.29 bits per heavy atom. The Bertz CT molecular complexity index is 511. The molecule has 1 N–H and O–H groups in total. The fourth-order valence-electron chi connectivity index (χ4n) is 2.70. The maximum atomic E-state index is 13.0. The molecule has 0 bridgehead atoms. The van der Waals surface area contributed by atoms with E-state index < -0.39 is 11.3 Å². The minimum atomic E-state index is -2.73. The Hall–Kier alpha value is -1.76. The molecule has 1 aliphatic rings. The van der Waals surface area contributed by atoms with Gasteiger partial charge in [-0.1, -0.05) is 0 Å². The SMILES string of the molecule is CN1CCCC(CNc2ccc([N+](=O)[O-])cc2C(F)F)C1. The molecule has 1 aromatic carbocycles. The number of nitrogens with zero attached hydrogens (tertiary/aromatic N) is 2. The van der Waals surface area contributed by atoms with Gasteiger partial charge in [-0.2, -0.15) is 0 Å². The summed E-state index contributed by atoms with van der Waals surface area (Å²) in [6.45, 7) is 2.60. The standard InChI is InChI=1S/C14H19F2N3O2/c1-18-6-2-3-10(9-18)8-17-13-5-4-11(19(20)21)7-12(13)14(15)16/h4-5,7,10,14,17H,2-3,6,8-9H2,1H3. The topological polar surface area (TPSA) is 58.4 Å². The van der Waals surface area contributed by atoms with Gasteiger partial charge in [-0.3, -0.25) is 10.1 Å². The van der Waals surface area contributed by atoms with Crippen LogP contribution in [-0.2, 0) is 0 Å². The van der Waals surface area contributed by atoms with E-state index in [4.69, 9.17) is 0 Å². The molecule has 1 aliphatic heterocycles. The third kappa shape index (κ3) is 4.10. The monoisotopic (exact) mass is 299 g/mol. The van der Waals surface area contributed by atoms with Crippen molar-refractivity contribution in [2.24, 2.45) is 5.92 Å². The highest BCUT2D eigenvalue weighted by molar-refractivity contribution is 5.56. The molecule has 1 atom stereocenters. The first-order chi connectivity index (χ1) is 9.97. The van der Waals surface area contributed by atoms with Crippen molar-refractivity contribution in [1.82, 2.24) is 4.90 Å². The molecule has 0 amide bonds. The number of nitro benzene ring substituents is 1. The highest BCUT2D eigenvalue weighted by atomic mass is 19.3. The number of piperidine rings is 1. The minimum absolute atomic E-state index is 0.281. The summed E-state index contributed by atoms with van der Waals surface area (Å²) in [5.74, 6) is 0.407. The number of benzene rings is 1. The molecule has 1 saturated heterocycles. The van der Waals surface area contributed by atoms with Crippen molar-refractivity contribution in [1.29, 1.82) is 0 Å². The maximum absolute atomic E-state index is 13.0.